The Hall–Kier alpha value is -2.60. The number of pyridine rings is 1. The zero-order valence-electron chi connectivity index (χ0n) is 15.6. The maximum Gasteiger partial charge on any atom is 0.260 e. The molecule has 6 nitrogen and oxygen atoms in total. The zero-order chi connectivity index (χ0) is 19.8. The number of rotatable bonds is 7. The van der Waals surface area contributed by atoms with Crippen molar-refractivity contribution >= 4 is 23.4 Å². The summed E-state index contributed by atoms with van der Waals surface area (Å²) in [6, 6.07) is 12.7. The Morgan fingerprint density at radius 2 is 1.89 bits per heavy atom. The molecule has 2 amide bonds. The lowest BCUT2D eigenvalue weighted by Crippen LogP contribution is -2.44. The van der Waals surface area contributed by atoms with Crippen LogP contribution >= 0.6 is 11.6 Å². The molecule has 2 heterocycles. The molecule has 1 aliphatic rings. The number of amides is 2. The summed E-state index contributed by atoms with van der Waals surface area (Å²) in [5, 5.41) is 3.60. The van der Waals surface area contributed by atoms with Crippen LogP contribution in [-0.2, 0) is 16.0 Å². The molecule has 148 valence electrons. The zero-order valence-corrected chi connectivity index (χ0v) is 16.4. The molecule has 0 saturated carbocycles. The van der Waals surface area contributed by atoms with Gasteiger partial charge in [-0.2, -0.15) is 0 Å². The first-order valence-corrected chi connectivity index (χ1v) is 9.83. The first kappa shape index (κ1) is 20.1. The molecule has 3 rings (SSSR count). The van der Waals surface area contributed by atoms with Crippen LogP contribution in [0.1, 0.15) is 18.5 Å². The molecule has 1 aromatic carbocycles. The highest BCUT2D eigenvalue weighted by Gasteiger charge is 2.27. The number of benzene rings is 1. The number of halogens is 1. The van der Waals surface area contributed by atoms with Gasteiger partial charge in [0.2, 0.25) is 5.91 Å². The molecule has 0 aliphatic carbocycles. The van der Waals surface area contributed by atoms with Gasteiger partial charge in [0.05, 0.1) is 0 Å². The van der Waals surface area contributed by atoms with Crippen LogP contribution in [-0.4, -0.2) is 47.9 Å². The van der Waals surface area contributed by atoms with Crippen LogP contribution in [0.2, 0.25) is 5.02 Å². The van der Waals surface area contributed by atoms with E-state index < -0.39 is 0 Å². The number of likely N-dealkylation sites (tertiary alicyclic amines) is 1. The number of hydrogen-bond acceptors (Lipinski definition) is 4. The quantitative estimate of drug-likeness (QED) is 0.774. The number of nitrogens with one attached hydrogen (secondary N) is 1. The van der Waals surface area contributed by atoms with E-state index in [9.17, 15) is 9.59 Å². The van der Waals surface area contributed by atoms with E-state index in [2.05, 4.69) is 10.3 Å². The molecule has 0 radical (unpaired) electrons. The monoisotopic (exact) mass is 401 g/mol. The van der Waals surface area contributed by atoms with Gasteiger partial charge < -0.3 is 15.0 Å². The number of piperidine rings is 1. The molecule has 1 fully saturated rings. The van der Waals surface area contributed by atoms with E-state index in [1.165, 1.54) is 0 Å². The van der Waals surface area contributed by atoms with Gasteiger partial charge in [-0.05, 0) is 49.2 Å². The van der Waals surface area contributed by atoms with Gasteiger partial charge in [0.15, 0.2) is 6.61 Å². The van der Waals surface area contributed by atoms with Crippen molar-refractivity contribution in [2.45, 2.75) is 19.3 Å². The Morgan fingerprint density at radius 1 is 1.14 bits per heavy atom. The molecular weight excluding hydrogens is 378 g/mol. The van der Waals surface area contributed by atoms with Crippen molar-refractivity contribution in [2.75, 3.05) is 26.2 Å². The molecular formula is C21H24ClN3O3. The van der Waals surface area contributed by atoms with Gasteiger partial charge in [-0.15, -0.1) is 0 Å². The lowest BCUT2D eigenvalue weighted by Gasteiger charge is -2.31. The first-order chi connectivity index (χ1) is 13.6. The summed E-state index contributed by atoms with van der Waals surface area (Å²) in [5.41, 5.74) is 0.962. The fourth-order valence-electron chi connectivity index (χ4n) is 3.16. The van der Waals surface area contributed by atoms with E-state index in [0.717, 1.165) is 5.69 Å². The molecule has 0 unspecified atom stereocenters. The van der Waals surface area contributed by atoms with Crippen LogP contribution < -0.4 is 10.1 Å². The highest BCUT2D eigenvalue weighted by molar-refractivity contribution is 6.30. The number of ether oxygens (including phenoxy) is 1. The van der Waals surface area contributed by atoms with Gasteiger partial charge in [0.25, 0.3) is 5.91 Å². The molecule has 28 heavy (non-hydrogen) atoms. The van der Waals surface area contributed by atoms with Crippen molar-refractivity contribution in [3.63, 3.8) is 0 Å². The molecule has 0 spiro atoms. The summed E-state index contributed by atoms with van der Waals surface area (Å²) in [4.78, 5) is 30.6. The molecule has 0 bridgehead atoms. The van der Waals surface area contributed by atoms with Gasteiger partial charge in [-0.25, -0.2) is 0 Å². The minimum atomic E-state index is -0.0658. The maximum atomic E-state index is 12.3. The van der Waals surface area contributed by atoms with E-state index in [1.54, 1.807) is 35.4 Å². The summed E-state index contributed by atoms with van der Waals surface area (Å²) in [5.74, 6) is 0.550. The Bertz CT molecular complexity index is 775. The van der Waals surface area contributed by atoms with Crippen molar-refractivity contribution < 1.29 is 14.3 Å². The number of hydrogen-bond donors (Lipinski definition) is 1. The van der Waals surface area contributed by atoms with Crippen molar-refractivity contribution in [1.82, 2.24) is 15.2 Å². The van der Waals surface area contributed by atoms with Crippen LogP contribution in [0.5, 0.6) is 5.75 Å². The van der Waals surface area contributed by atoms with Crippen molar-refractivity contribution in [3.05, 3.63) is 59.4 Å². The third-order valence-electron chi connectivity index (χ3n) is 4.80. The Balaban J connectivity index is 1.35. The van der Waals surface area contributed by atoms with E-state index in [-0.39, 0.29) is 24.3 Å². The SMILES string of the molecule is O=C(NCCc1ccccn1)C1CCN(C(=O)COc2ccc(Cl)cc2)CC1. The Kier molecular flexibility index (Phi) is 7.25. The highest BCUT2D eigenvalue weighted by Crippen LogP contribution is 2.19. The molecule has 1 aromatic heterocycles. The Labute approximate surface area is 169 Å². The number of nitrogens with zero attached hydrogens (tertiary/aromatic N) is 2. The molecule has 1 aliphatic heterocycles. The third kappa shape index (κ3) is 5.96. The van der Waals surface area contributed by atoms with E-state index >= 15 is 0 Å². The summed E-state index contributed by atoms with van der Waals surface area (Å²) < 4.78 is 5.51. The van der Waals surface area contributed by atoms with Gasteiger partial charge in [-0.1, -0.05) is 17.7 Å². The predicted molar refractivity (Wildman–Crippen MR) is 107 cm³/mol. The lowest BCUT2D eigenvalue weighted by atomic mass is 9.96. The van der Waals surface area contributed by atoms with Crippen molar-refractivity contribution in [3.8, 4) is 5.75 Å². The fraction of sp³-hybridized carbons (Fsp3) is 0.381. The van der Waals surface area contributed by atoms with Crippen molar-refractivity contribution in [1.29, 1.82) is 0 Å². The van der Waals surface area contributed by atoms with E-state index in [1.807, 2.05) is 18.2 Å². The summed E-state index contributed by atoms with van der Waals surface area (Å²) in [6.07, 6.45) is 3.80. The number of carbonyl (C=O) groups excluding carboxylic acids is 2. The topological polar surface area (TPSA) is 71.5 Å². The average molecular weight is 402 g/mol. The lowest BCUT2D eigenvalue weighted by molar-refractivity contribution is -0.137. The summed E-state index contributed by atoms with van der Waals surface area (Å²) >= 11 is 5.83. The normalized spacial score (nSPS) is 14.5. The average Bonchev–Trinajstić information content (AvgIpc) is 2.74. The van der Waals surface area contributed by atoms with E-state index in [4.69, 9.17) is 16.3 Å². The predicted octanol–water partition coefficient (Wildman–Crippen LogP) is 2.71. The van der Waals surface area contributed by atoms with Crippen LogP contribution in [0.4, 0.5) is 0 Å². The van der Waals surface area contributed by atoms with Gasteiger partial charge in [0.1, 0.15) is 5.75 Å². The second-order valence-corrected chi connectivity index (χ2v) is 7.20. The molecule has 1 N–H and O–H groups in total. The third-order valence-corrected chi connectivity index (χ3v) is 5.05. The fourth-order valence-corrected chi connectivity index (χ4v) is 3.29. The van der Waals surface area contributed by atoms with Gasteiger partial charge >= 0.3 is 0 Å². The van der Waals surface area contributed by atoms with Gasteiger partial charge in [-0.3, -0.25) is 14.6 Å². The number of carbonyl (C=O) groups is 2. The second-order valence-electron chi connectivity index (χ2n) is 6.76. The first-order valence-electron chi connectivity index (χ1n) is 9.45. The van der Waals surface area contributed by atoms with Gasteiger partial charge in [0, 0.05) is 48.9 Å². The Morgan fingerprint density at radius 3 is 2.57 bits per heavy atom. The summed E-state index contributed by atoms with van der Waals surface area (Å²) in [6.45, 7) is 1.70. The highest BCUT2D eigenvalue weighted by atomic mass is 35.5. The molecule has 7 heteroatoms. The van der Waals surface area contributed by atoms with Crippen LogP contribution in [0.3, 0.4) is 0 Å². The smallest absolute Gasteiger partial charge is 0.260 e. The molecule has 2 aromatic rings. The summed E-state index contributed by atoms with van der Waals surface area (Å²) in [7, 11) is 0. The largest absolute Gasteiger partial charge is 0.484 e. The standard InChI is InChI=1S/C21H24ClN3O3/c22-17-4-6-19(7-5-17)28-15-20(26)25-13-9-16(10-14-25)21(27)24-12-8-18-3-1-2-11-23-18/h1-7,11,16H,8-10,12-15H2,(H,24,27). The molecule has 1 saturated heterocycles. The number of aromatic nitrogens is 1. The van der Waals surface area contributed by atoms with Crippen LogP contribution in [0, 0.1) is 5.92 Å². The van der Waals surface area contributed by atoms with Crippen LogP contribution in [0.15, 0.2) is 48.7 Å². The van der Waals surface area contributed by atoms with Crippen LogP contribution in [0.25, 0.3) is 0 Å². The van der Waals surface area contributed by atoms with E-state index in [0.29, 0.717) is 49.7 Å². The van der Waals surface area contributed by atoms with Crippen molar-refractivity contribution in [2.24, 2.45) is 5.92 Å². The maximum absolute atomic E-state index is 12.3. The minimum Gasteiger partial charge on any atom is -0.484 e. The molecule has 0 atom stereocenters. The minimum absolute atomic E-state index is 0.0113. The second kappa shape index (κ2) is 10.1.